The van der Waals surface area contributed by atoms with Gasteiger partial charge in [0.15, 0.2) is 0 Å². The lowest BCUT2D eigenvalue weighted by Crippen LogP contribution is -2.15. The maximum absolute atomic E-state index is 13.7. The van der Waals surface area contributed by atoms with Crippen molar-refractivity contribution in [3.8, 4) is 0 Å². The predicted molar refractivity (Wildman–Crippen MR) is 71.6 cm³/mol. The number of amides is 1. The first-order chi connectivity index (χ1) is 9.38. The van der Waals surface area contributed by atoms with E-state index < -0.39 is 17.7 Å². The fourth-order valence-electron chi connectivity index (χ4n) is 1.85. The zero-order valence-corrected chi connectivity index (χ0v) is 11.0. The van der Waals surface area contributed by atoms with Crippen molar-refractivity contribution in [2.24, 2.45) is 0 Å². The average Bonchev–Trinajstić information content (AvgIpc) is 2.70. The Hall–Kier alpha value is -2.63. The van der Waals surface area contributed by atoms with Gasteiger partial charge >= 0.3 is 5.97 Å². The zero-order chi connectivity index (χ0) is 14.9. The molecule has 0 radical (unpaired) electrons. The Bertz CT molecular complexity index is 692. The standard InChI is InChI=1S/C14H13FN2O3/c1-7-3-4-9(10(15)5-7)13(18)17-11-6-8(2)16-12(11)14(19)20/h3-6,16H,1-2H3,(H,17,18)(H,19,20). The normalized spacial score (nSPS) is 10.3. The van der Waals surface area contributed by atoms with Crippen molar-refractivity contribution >= 4 is 17.6 Å². The number of H-pyrrole nitrogens is 1. The summed E-state index contributed by atoms with van der Waals surface area (Å²) in [5.74, 6) is -2.53. The van der Waals surface area contributed by atoms with E-state index in [2.05, 4.69) is 10.3 Å². The van der Waals surface area contributed by atoms with E-state index in [1.165, 1.54) is 18.2 Å². The van der Waals surface area contributed by atoms with Gasteiger partial charge in [-0.3, -0.25) is 4.79 Å². The Balaban J connectivity index is 2.30. The molecule has 3 N–H and O–H groups in total. The Morgan fingerprint density at radius 1 is 1.25 bits per heavy atom. The van der Waals surface area contributed by atoms with E-state index >= 15 is 0 Å². The van der Waals surface area contributed by atoms with Crippen LogP contribution in [0.25, 0.3) is 0 Å². The van der Waals surface area contributed by atoms with Crippen molar-refractivity contribution in [2.45, 2.75) is 13.8 Å². The molecule has 1 aromatic carbocycles. The zero-order valence-electron chi connectivity index (χ0n) is 11.0. The molecule has 1 amide bonds. The number of benzene rings is 1. The quantitative estimate of drug-likeness (QED) is 0.806. The van der Waals surface area contributed by atoms with Crippen molar-refractivity contribution in [3.63, 3.8) is 0 Å². The molecule has 0 saturated heterocycles. The number of hydrogen-bond donors (Lipinski definition) is 3. The van der Waals surface area contributed by atoms with Crippen LogP contribution in [-0.4, -0.2) is 22.0 Å². The van der Waals surface area contributed by atoms with Gasteiger partial charge in [-0.2, -0.15) is 0 Å². The van der Waals surface area contributed by atoms with E-state index in [0.717, 1.165) is 0 Å². The Labute approximate surface area is 114 Å². The highest BCUT2D eigenvalue weighted by atomic mass is 19.1. The molecule has 0 aliphatic heterocycles. The van der Waals surface area contributed by atoms with E-state index in [-0.39, 0.29) is 16.9 Å². The number of carboxylic acid groups (broad SMARTS) is 1. The number of carboxylic acids is 1. The molecule has 0 saturated carbocycles. The first kappa shape index (κ1) is 13.8. The second kappa shape index (κ2) is 5.16. The van der Waals surface area contributed by atoms with E-state index in [0.29, 0.717) is 11.3 Å². The van der Waals surface area contributed by atoms with E-state index in [1.54, 1.807) is 19.9 Å². The number of carbonyl (C=O) groups excluding carboxylic acids is 1. The monoisotopic (exact) mass is 276 g/mol. The highest BCUT2D eigenvalue weighted by molar-refractivity contribution is 6.07. The number of aryl methyl sites for hydroxylation is 2. The molecule has 0 fully saturated rings. The van der Waals surface area contributed by atoms with Gasteiger partial charge in [-0.15, -0.1) is 0 Å². The minimum absolute atomic E-state index is 0.111. The molecule has 104 valence electrons. The van der Waals surface area contributed by atoms with Crippen molar-refractivity contribution in [3.05, 3.63) is 52.6 Å². The third-order valence-electron chi connectivity index (χ3n) is 2.78. The largest absolute Gasteiger partial charge is 0.477 e. The van der Waals surface area contributed by atoms with Gasteiger partial charge in [0.1, 0.15) is 11.5 Å². The lowest BCUT2D eigenvalue weighted by atomic mass is 10.1. The first-order valence-corrected chi connectivity index (χ1v) is 5.89. The maximum Gasteiger partial charge on any atom is 0.354 e. The maximum atomic E-state index is 13.7. The summed E-state index contributed by atoms with van der Waals surface area (Å²) in [7, 11) is 0. The van der Waals surface area contributed by atoms with E-state index in [1.807, 2.05) is 0 Å². The van der Waals surface area contributed by atoms with Crippen LogP contribution in [0.1, 0.15) is 32.1 Å². The Morgan fingerprint density at radius 3 is 2.55 bits per heavy atom. The van der Waals surface area contributed by atoms with E-state index in [4.69, 9.17) is 5.11 Å². The molecular weight excluding hydrogens is 263 g/mol. The van der Waals surface area contributed by atoms with Gasteiger partial charge in [0.25, 0.3) is 5.91 Å². The van der Waals surface area contributed by atoms with Crippen LogP contribution in [0.2, 0.25) is 0 Å². The minimum atomic E-state index is -1.20. The van der Waals surface area contributed by atoms with Crippen LogP contribution in [0.15, 0.2) is 24.3 Å². The van der Waals surface area contributed by atoms with Gasteiger partial charge < -0.3 is 15.4 Å². The van der Waals surface area contributed by atoms with Crippen LogP contribution in [0.4, 0.5) is 10.1 Å². The van der Waals surface area contributed by atoms with Crippen LogP contribution in [0, 0.1) is 19.7 Å². The summed E-state index contributed by atoms with van der Waals surface area (Å²) in [4.78, 5) is 25.6. The molecule has 2 rings (SSSR count). The summed E-state index contributed by atoms with van der Waals surface area (Å²) in [5, 5.41) is 11.4. The molecule has 6 heteroatoms. The molecular formula is C14H13FN2O3. The Morgan fingerprint density at radius 2 is 1.95 bits per heavy atom. The van der Waals surface area contributed by atoms with Gasteiger partial charge in [0.2, 0.25) is 0 Å². The van der Waals surface area contributed by atoms with E-state index in [9.17, 15) is 14.0 Å². The molecule has 0 aliphatic rings. The number of carbonyl (C=O) groups is 2. The molecule has 0 atom stereocenters. The van der Waals surface area contributed by atoms with Crippen LogP contribution >= 0.6 is 0 Å². The molecule has 0 bridgehead atoms. The molecule has 20 heavy (non-hydrogen) atoms. The lowest BCUT2D eigenvalue weighted by Gasteiger charge is -2.06. The summed E-state index contributed by atoms with van der Waals surface area (Å²) in [6.07, 6.45) is 0. The third-order valence-corrected chi connectivity index (χ3v) is 2.78. The van der Waals surface area contributed by atoms with Gasteiger partial charge in [0, 0.05) is 5.69 Å². The number of halogens is 1. The number of aromatic nitrogens is 1. The average molecular weight is 276 g/mol. The number of anilines is 1. The van der Waals surface area contributed by atoms with Gasteiger partial charge in [-0.25, -0.2) is 9.18 Å². The number of aromatic carboxylic acids is 1. The molecule has 0 unspecified atom stereocenters. The van der Waals surface area contributed by atoms with Crippen LogP contribution in [0.3, 0.4) is 0 Å². The summed E-state index contributed by atoms with van der Waals surface area (Å²) in [6, 6.07) is 5.70. The van der Waals surface area contributed by atoms with Crippen molar-refractivity contribution in [1.29, 1.82) is 0 Å². The lowest BCUT2D eigenvalue weighted by molar-refractivity contribution is 0.0692. The number of hydrogen-bond acceptors (Lipinski definition) is 2. The Kier molecular flexibility index (Phi) is 3.56. The van der Waals surface area contributed by atoms with Crippen molar-refractivity contribution < 1.29 is 19.1 Å². The second-order valence-corrected chi connectivity index (χ2v) is 4.48. The number of aromatic amines is 1. The fourth-order valence-corrected chi connectivity index (χ4v) is 1.85. The molecule has 1 aromatic heterocycles. The smallest absolute Gasteiger partial charge is 0.354 e. The van der Waals surface area contributed by atoms with Gasteiger partial charge in [-0.05, 0) is 37.6 Å². The van der Waals surface area contributed by atoms with Crippen molar-refractivity contribution in [1.82, 2.24) is 4.98 Å². The first-order valence-electron chi connectivity index (χ1n) is 5.89. The van der Waals surface area contributed by atoms with Crippen LogP contribution in [0.5, 0.6) is 0 Å². The van der Waals surface area contributed by atoms with Crippen LogP contribution in [-0.2, 0) is 0 Å². The molecule has 2 aromatic rings. The summed E-state index contributed by atoms with van der Waals surface area (Å²) < 4.78 is 13.7. The predicted octanol–water partition coefficient (Wildman–Crippen LogP) is 2.72. The summed E-state index contributed by atoms with van der Waals surface area (Å²) >= 11 is 0. The fraction of sp³-hybridized carbons (Fsp3) is 0.143. The second-order valence-electron chi connectivity index (χ2n) is 4.48. The summed E-state index contributed by atoms with van der Waals surface area (Å²) in [5.41, 5.74) is 1.12. The van der Waals surface area contributed by atoms with Gasteiger partial charge in [-0.1, -0.05) is 6.07 Å². The number of nitrogens with one attached hydrogen (secondary N) is 2. The molecule has 0 aliphatic carbocycles. The molecule has 0 spiro atoms. The topological polar surface area (TPSA) is 82.2 Å². The third kappa shape index (κ3) is 2.69. The SMILES string of the molecule is Cc1ccc(C(=O)Nc2cc(C)[nH]c2C(=O)O)c(F)c1. The van der Waals surface area contributed by atoms with Crippen LogP contribution < -0.4 is 5.32 Å². The molecule has 5 nitrogen and oxygen atoms in total. The van der Waals surface area contributed by atoms with Crippen molar-refractivity contribution in [2.75, 3.05) is 5.32 Å². The minimum Gasteiger partial charge on any atom is -0.477 e. The highest BCUT2D eigenvalue weighted by Crippen LogP contribution is 2.19. The molecule has 1 heterocycles. The number of rotatable bonds is 3. The summed E-state index contributed by atoms with van der Waals surface area (Å²) in [6.45, 7) is 3.37. The highest BCUT2D eigenvalue weighted by Gasteiger charge is 2.18. The van der Waals surface area contributed by atoms with Gasteiger partial charge in [0.05, 0.1) is 11.3 Å².